The average molecular weight is 354 g/mol. The molecular weight excluding hydrogens is 334 g/mol. The summed E-state index contributed by atoms with van der Waals surface area (Å²) in [5, 5.41) is 8.95. The fourth-order valence-electron chi connectivity index (χ4n) is 2.75. The largest absolute Gasteiger partial charge is 0.481 e. The summed E-state index contributed by atoms with van der Waals surface area (Å²) >= 11 is 0. The van der Waals surface area contributed by atoms with E-state index in [1.54, 1.807) is 0 Å². The predicted octanol–water partition coefficient (Wildman–Crippen LogP) is 1.29. The van der Waals surface area contributed by atoms with Crippen LogP contribution in [0.4, 0.5) is 8.78 Å². The normalized spacial score (nSPS) is 15.1. The monoisotopic (exact) mass is 354 g/mol. The summed E-state index contributed by atoms with van der Waals surface area (Å²) in [7, 11) is 1.42. The maximum Gasteiger partial charge on any atom is 0.306 e. The quantitative estimate of drug-likeness (QED) is 0.864. The first-order chi connectivity index (χ1) is 11.8. The molecule has 1 N–H and O–H groups in total. The van der Waals surface area contributed by atoms with Crippen LogP contribution >= 0.6 is 0 Å². The zero-order chi connectivity index (χ0) is 18.6. The number of carboxylic acids is 1. The Hall–Kier alpha value is -2.51. The highest BCUT2D eigenvalue weighted by atomic mass is 19.2. The molecule has 2 rings (SSSR count). The molecule has 1 heterocycles. The van der Waals surface area contributed by atoms with Crippen molar-refractivity contribution in [3.8, 4) is 0 Å². The van der Waals surface area contributed by atoms with E-state index >= 15 is 0 Å². The van der Waals surface area contributed by atoms with Crippen LogP contribution in [-0.2, 0) is 20.8 Å². The van der Waals surface area contributed by atoms with Gasteiger partial charge in [0.15, 0.2) is 11.6 Å². The van der Waals surface area contributed by atoms with Crippen molar-refractivity contribution in [1.82, 2.24) is 9.80 Å². The molecule has 2 amide bonds. The Balaban J connectivity index is 1.87. The molecule has 136 valence electrons. The molecule has 25 heavy (non-hydrogen) atoms. The Labute approximate surface area is 144 Å². The molecule has 0 radical (unpaired) electrons. The third-order valence-electron chi connectivity index (χ3n) is 4.37. The van der Waals surface area contributed by atoms with Crippen LogP contribution in [0.15, 0.2) is 18.2 Å². The molecule has 0 bridgehead atoms. The minimum atomic E-state index is -1.06. The first-order valence-electron chi connectivity index (χ1n) is 7.97. The Morgan fingerprint density at radius 2 is 1.88 bits per heavy atom. The van der Waals surface area contributed by atoms with Crippen molar-refractivity contribution in [2.75, 3.05) is 26.7 Å². The second-order valence-corrected chi connectivity index (χ2v) is 6.13. The molecule has 0 aromatic heterocycles. The van der Waals surface area contributed by atoms with Crippen LogP contribution in [-0.4, -0.2) is 59.4 Å². The molecule has 6 nitrogen and oxygen atoms in total. The van der Waals surface area contributed by atoms with Gasteiger partial charge in [0.2, 0.25) is 11.8 Å². The molecule has 8 heteroatoms. The van der Waals surface area contributed by atoms with Gasteiger partial charge in [-0.15, -0.1) is 0 Å². The molecule has 0 atom stereocenters. The van der Waals surface area contributed by atoms with E-state index in [2.05, 4.69) is 0 Å². The summed E-state index contributed by atoms with van der Waals surface area (Å²) in [6, 6.07) is 3.61. The molecule has 1 saturated heterocycles. The van der Waals surface area contributed by atoms with E-state index in [0.29, 0.717) is 25.9 Å². The minimum Gasteiger partial charge on any atom is -0.481 e. The number of benzene rings is 1. The van der Waals surface area contributed by atoms with E-state index in [1.165, 1.54) is 24.1 Å². The molecule has 1 fully saturated rings. The van der Waals surface area contributed by atoms with Crippen LogP contribution in [0.3, 0.4) is 0 Å². The number of hydrogen-bond donors (Lipinski definition) is 1. The number of rotatable bonds is 5. The number of hydrogen-bond acceptors (Lipinski definition) is 3. The lowest BCUT2D eigenvalue weighted by atomic mass is 9.97. The number of likely N-dealkylation sites (N-methyl/N-ethyl adjacent to an activating group) is 1. The number of aliphatic carboxylic acids is 1. The number of halogens is 2. The summed E-state index contributed by atoms with van der Waals surface area (Å²) in [6.45, 7) is 0.472. The van der Waals surface area contributed by atoms with Gasteiger partial charge >= 0.3 is 5.97 Å². The molecule has 0 spiro atoms. The maximum atomic E-state index is 13.6. The molecular formula is C17H20F2N2O4. The molecule has 0 unspecified atom stereocenters. The minimum absolute atomic E-state index is 0.0634. The molecule has 0 aliphatic carbocycles. The maximum absolute atomic E-state index is 13.6. The van der Waals surface area contributed by atoms with Crippen molar-refractivity contribution in [1.29, 1.82) is 0 Å². The van der Waals surface area contributed by atoms with Gasteiger partial charge in [0.1, 0.15) is 0 Å². The van der Waals surface area contributed by atoms with Crippen molar-refractivity contribution in [2.24, 2.45) is 5.92 Å². The second-order valence-electron chi connectivity index (χ2n) is 6.13. The van der Waals surface area contributed by atoms with Crippen LogP contribution in [0.1, 0.15) is 18.4 Å². The number of amides is 2. The summed E-state index contributed by atoms with van der Waals surface area (Å²) < 4.78 is 26.8. The summed E-state index contributed by atoms with van der Waals surface area (Å²) in [5.41, 5.74) is -0.0634. The first-order valence-corrected chi connectivity index (χ1v) is 7.97. The van der Waals surface area contributed by atoms with Gasteiger partial charge in [0, 0.05) is 25.7 Å². The van der Waals surface area contributed by atoms with Crippen molar-refractivity contribution < 1.29 is 28.3 Å². The topological polar surface area (TPSA) is 77.9 Å². The predicted molar refractivity (Wildman–Crippen MR) is 84.6 cm³/mol. The smallest absolute Gasteiger partial charge is 0.306 e. The van der Waals surface area contributed by atoms with Crippen molar-refractivity contribution >= 4 is 17.8 Å². The second kappa shape index (κ2) is 8.04. The zero-order valence-corrected chi connectivity index (χ0v) is 13.9. The van der Waals surface area contributed by atoms with Crippen LogP contribution in [0, 0.1) is 17.6 Å². The van der Waals surface area contributed by atoms with Crippen molar-refractivity contribution in [3.05, 3.63) is 35.4 Å². The molecule has 1 aliphatic heterocycles. The third kappa shape index (κ3) is 4.74. The Morgan fingerprint density at radius 1 is 1.24 bits per heavy atom. The van der Waals surface area contributed by atoms with Crippen LogP contribution < -0.4 is 0 Å². The lowest BCUT2D eigenvalue weighted by Gasteiger charge is -2.31. The lowest BCUT2D eigenvalue weighted by molar-refractivity contribution is -0.146. The SMILES string of the molecule is CN(CC(=O)N1CCC(C(=O)O)CC1)C(=O)Cc1cccc(F)c1F. The fourth-order valence-corrected chi connectivity index (χ4v) is 2.75. The molecule has 1 aliphatic rings. The van der Waals surface area contributed by atoms with Gasteiger partial charge in [0.05, 0.1) is 18.9 Å². The van der Waals surface area contributed by atoms with Gasteiger partial charge in [-0.3, -0.25) is 14.4 Å². The zero-order valence-electron chi connectivity index (χ0n) is 13.9. The standard InChI is InChI=1S/C17H20F2N2O4/c1-20(14(22)9-12-3-2-4-13(18)16(12)19)10-15(23)21-7-5-11(6-8-21)17(24)25/h2-4,11H,5-10H2,1H3,(H,24,25). The highest BCUT2D eigenvalue weighted by Gasteiger charge is 2.28. The number of carbonyl (C=O) groups excluding carboxylic acids is 2. The highest BCUT2D eigenvalue weighted by molar-refractivity contribution is 5.86. The van der Waals surface area contributed by atoms with Gasteiger partial charge in [-0.25, -0.2) is 8.78 Å². The molecule has 1 aromatic carbocycles. The van der Waals surface area contributed by atoms with E-state index in [0.717, 1.165) is 11.0 Å². The highest BCUT2D eigenvalue weighted by Crippen LogP contribution is 2.17. The van der Waals surface area contributed by atoms with E-state index in [4.69, 9.17) is 5.11 Å². The summed E-state index contributed by atoms with van der Waals surface area (Å²) in [4.78, 5) is 37.9. The van der Waals surface area contributed by atoms with Gasteiger partial charge < -0.3 is 14.9 Å². The number of piperidine rings is 1. The van der Waals surface area contributed by atoms with E-state index in [-0.39, 0.29) is 24.4 Å². The van der Waals surface area contributed by atoms with Crippen LogP contribution in [0.5, 0.6) is 0 Å². The number of carboxylic acid groups (broad SMARTS) is 1. The van der Waals surface area contributed by atoms with Gasteiger partial charge in [0.25, 0.3) is 0 Å². The number of carbonyl (C=O) groups is 3. The van der Waals surface area contributed by atoms with Crippen molar-refractivity contribution in [3.63, 3.8) is 0 Å². The van der Waals surface area contributed by atoms with Crippen LogP contribution in [0.2, 0.25) is 0 Å². The third-order valence-corrected chi connectivity index (χ3v) is 4.37. The van der Waals surface area contributed by atoms with Gasteiger partial charge in [-0.05, 0) is 18.9 Å². The summed E-state index contributed by atoms with van der Waals surface area (Å²) in [6.07, 6.45) is 0.426. The number of nitrogens with zero attached hydrogens (tertiary/aromatic N) is 2. The Kier molecular flexibility index (Phi) is 6.06. The van der Waals surface area contributed by atoms with Gasteiger partial charge in [-0.2, -0.15) is 0 Å². The Bertz CT molecular complexity index is 673. The van der Waals surface area contributed by atoms with E-state index in [9.17, 15) is 23.2 Å². The summed E-state index contributed by atoms with van der Waals surface area (Å²) in [5.74, 6) is -4.19. The Morgan fingerprint density at radius 3 is 2.48 bits per heavy atom. The van der Waals surface area contributed by atoms with Crippen LogP contribution in [0.25, 0.3) is 0 Å². The van der Waals surface area contributed by atoms with Gasteiger partial charge in [-0.1, -0.05) is 12.1 Å². The lowest BCUT2D eigenvalue weighted by Crippen LogP contribution is -2.45. The van der Waals surface area contributed by atoms with E-state index < -0.39 is 29.4 Å². The van der Waals surface area contributed by atoms with Crippen molar-refractivity contribution in [2.45, 2.75) is 19.3 Å². The first kappa shape index (κ1) is 18.8. The molecule has 1 aromatic rings. The average Bonchev–Trinajstić information content (AvgIpc) is 2.58. The molecule has 0 saturated carbocycles. The van der Waals surface area contributed by atoms with E-state index in [1.807, 2.05) is 0 Å². The number of likely N-dealkylation sites (tertiary alicyclic amines) is 1. The fraction of sp³-hybridized carbons (Fsp3) is 0.471.